The van der Waals surface area contributed by atoms with Gasteiger partial charge in [-0.1, -0.05) is 12.8 Å². The van der Waals surface area contributed by atoms with Gasteiger partial charge in [-0.2, -0.15) is 0 Å². The van der Waals surface area contributed by atoms with Crippen molar-refractivity contribution in [3.63, 3.8) is 0 Å². The van der Waals surface area contributed by atoms with Crippen LogP contribution in [0.1, 0.15) is 59.8 Å². The molecular formula is C18H25NO7S3. The van der Waals surface area contributed by atoms with Crippen molar-refractivity contribution >= 4 is 47.9 Å². The molecule has 1 aliphatic carbocycles. The van der Waals surface area contributed by atoms with Gasteiger partial charge in [-0.05, 0) is 31.7 Å². The highest BCUT2D eigenvalue weighted by Crippen LogP contribution is 2.38. The second-order valence-electron chi connectivity index (χ2n) is 7.34. The Bertz CT molecular complexity index is 1000. The van der Waals surface area contributed by atoms with Crippen molar-refractivity contribution in [2.75, 3.05) is 23.4 Å². The Morgan fingerprint density at radius 2 is 1.93 bits per heavy atom. The first-order chi connectivity index (χ1) is 13.6. The molecule has 1 N–H and O–H groups in total. The molecule has 1 aromatic heterocycles. The molecule has 1 aliphatic heterocycles. The van der Waals surface area contributed by atoms with Crippen LogP contribution in [0.2, 0.25) is 0 Å². The van der Waals surface area contributed by atoms with Crippen molar-refractivity contribution < 1.29 is 31.2 Å². The molecule has 2 aliphatic rings. The maximum absolute atomic E-state index is 12.4. The molecule has 1 amide bonds. The molecule has 162 valence electrons. The minimum atomic E-state index is -3.33. The number of carbonyl (C=O) groups excluding carboxylic acids is 2. The molecular weight excluding hydrogens is 438 g/mol. The first kappa shape index (κ1) is 22.2. The zero-order valence-corrected chi connectivity index (χ0v) is 18.7. The second kappa shape index (κ2) is 8.73. The molecule has 2 heterocycles. The lowest BCUT2D eigenvalue weighted by atomic mass is 10.1. The van der Waals surface area contributed by atoms with Crippen LogP contribution < -0.4 is 5.32 Å². The predicted octanol–water partition coefficient (Wildman–Crippen LogP) is 2.08. The quantitative estimate of drug-likeness (QED) is 0.614. The Kier molecular flexibility index (Phi) is 6.69. The number of anilines is 1. The number of esters is 1. The molecule has 1 aromatic rings. The minimum absolute atomic E-state index is 0.0594. The van der Waals surface area contributed by atoms with Crippen LogP contribution in [0.4, 0.5) is 5.00 Å². The molecule has 1 saturated carbocycles. The van der Waals surface area contributed by atoms with Gasteiger partial charge >= 0.3 is 5.97 Å². The zero-order valence-electron chi connectivity index (χ0n) is 16.2. The van der Waals surface area contributed by atoms with E-state index in [2.05, 4.69) is 5.32 Å². The van der Waals surface area contributed by atoms with Gasteiger partial charge in [-0.15, -0.1) is 11.3 Å². The highest BCUT2D eigenvalue weighted by atomic mass is 32.2. The average molecular weight is 464 g/mol. The molecule has 0 spiro atoms. The third-order valence-electron chi connectivity index (χ3n) is 5.26. The monoisotopic (exact) mass is 463 g/mol. The summed E-state index contributed by atoms with van der Waals surface area (Å²) in [6.45, 7) is 1.81. The van der Waals surface area contributed by atoms with Gasteiger partial charge in [-0.25, -0.2) is 21.6 Å². The largest absolute Gasteiger partial charge is 0.462 e. The van der Waals surface area contributed by atoms with E-state index in [1.807, 2.05) is 0 Å². The Balaban J connectivity index is 1.76. The Morgan fingerprint density at radius 3 is 2.59 bits per heavy atom. The summed E-state index contributed by atoms with van der Waals surface area (Å²) in [5.41, 5.74) is 0.783. The summed E-state index contributed by atoms with van der Waals surface area (Å²) in [7, 11) is -6.57. The number of fused-ring (bicyclic) bond motifs is 1. The second-order valence-corrected chi connectivity index (χ2v) is 13.0. The summed E-state index contributed by atoms with van der Waals surface area (Å²) in [4.78, 5) is 25.3. The van der Waals surface area contributed by atoms with Crippen LogP contribution in [0.15, 0.2) is 0 Å². The SMILES string of the molecule is CCOC(=O)c1c(NC(=O)CCS(=O)(=O)C2CCCC2)sc2c1CCS(=O)(=O)C2. The molecule has 0 atom stereocenters. The lowest BCUT2D eigenvalue weighted by Crippen LogP contribution is -2.25. The number of thiophene rings is 1. The highest BCUT2D eigenvalue weighted by Gasteiger charge is 2.33. The number of sulfone groups is 2. The number of ether oxygens (including phenoxy) is 1. The van der Waals surface area contributed by atoms with Crippen molar-refractivity contribution in [3.05, 3.63) is 16.0 Å². The third-order valence-corrected chi connectivity index (χ3v) is 10.4. The lowest BCUT2D eigenvalue weighted by molar-refractivity contribution is -0.115. The van der Waals surface area contributed by atoms with Crippen LogP contribution in [-0.2, 0) is 41.4 Å². The number of nitrogens with one attached hydrogen (secondary N) is 1. The first-order valence-electron chi connectivity index (χ1n) is 9.66. The fourth-order valence-corrected chi connectivity index (χ4v) is 8.68. The van der Waals surface area contributed by atoms with Gasteiger partial charge in [0.25, 0.3) is 0 Å². The van der Waals surface area contributed by atoms with Gasteiger partial charge in [-0.3, -0.25) is 4.79 Å². The van der Waals surface area contributed by atoms with Crippen molar-refractivity contribution in [3.8, 4) is 0 Å². The van der Waals surface area contributed by atoms with Crippen LogP contribution in [0, 0.1) is 0 Å². The average Bonchev–Trinajstić information content (AvgIpc) is 3.27. The van der Waals surface area contributed by atoms with Gasteiger partial charge in [0.2, 0.25) is 5.91 Å². The van der Waals surface area contributed by atoms with Crippen molar-refractivity contribution in [1.29, 1.82) is 0 Å². The van der Waals surface area contributed by atoms with Gasteiger partial charge < -0.3 is 10.1 Å². The Labute approximate surface area is 174 Å². The van der Waals surface area contributed by atoms with E-state index in [1.165, 1.54) is 0 Å². The molecule has 0 unspecified atom stereocenters. The van der Waals surface area contributed by atoms with Gasteiger partial charge in [0.1, 0.15) is 5.00 Å². The normalized spacial score (nSPS) is 18.9. The number of hydrogen-bond donors (Lipinski definition) is 1. The maximum Gasteiger partial charge on any atom is 0.341 e. The molecule has 0 saturated heterocycles. The molecule has 29 heavy (non-hydrogen) atoms. The van der Waals surface area contributed by atoms with E-state index in [1.54, 1.807) is 6.92 Å². The third kappa shape index (κ3) is 5.18. The summed E-state index contributed by atoms with van der Waals surface area (Å²) in [6, 6.07) is 0. The smallest absolute Gasteiger partial charge is 0.341 e. The summed E-state index contributed by atoms with van der Waals surface area (Å²) >= 11 is 1.04. The predicted molar refractivity (Wildman–Crippen MR) is 111 cm³/mol. The van der Waals surface area contributed by atoms with Crippen LogP contribution in [-0.4, -0.2) is 52.1 Å². The molecule has 3 rings (SSSR count). The van der Waals surface area contributed by atoms with E-state index in [-0.39, 0.29) is 52.5 Å². The maximum atomic E-state index is 12.4. The van der Waals surface area contributed by atoms with Crippen molar-refractivity contribution in [2.24, 2.45) is 0 Å². The van der Waals surface area contributed by atoms with Crippen molar-refractivity contribution in [2.45, 2.75) is 56.5 Å². The van der Waals surface area contributed by atoms with Crippen LogP contribution in [0.25, 0.3) is 0 Å². The topological polar surface area (TPSA) is 124 Å². The van der Waals surface area contributed by atoms with E-state index in [0.717, 1.165) is 24.2 Å². The van der Waals surface area contributed by atoms with E-state index in [0.29, 0.717) is 23.3 Å². The summed E-state index contributed by atoms with van der Waals surface area (Å²) < 4.78 is 53.7. The van der Waals surface area contributed by atoms with Crippen LogP contribution >= 0.6 is 11.3 Å². The number of rotatable bonds is 7. The Morgan fingerprint density at radius 1 is 1.24 bits per heavy atom. The molecule has 0 radical (unpaired) electrons. The molecule has 0 bridgehead atoms. The van der Waals surface area contributed by atoms with E-state index in [9.17, 15) is 26.4 Å². The van der Waals surface area contributed by atoms with Crippen LogP contribution in [0.3, 0.4) is 0 Å². The minimum Gasteiger partial charge on any atom is -0.462 e. The summed E-state index contributed by atoms with van der Waals surface area (Å²) in [6.07, 6.45) is 3.05. The van der Waals surface area contributed by atoms with E-state index < -0.39 is 31.6 Å². The summed E-state index contributed by atoms with van der Waals surface area (Å²) in [5, 5.41) is 2.48. The van der Waals surface area contributed by atoms with Gasteiger partial charge in [0.05, 0.1) is 34.7 Å². The molecule has 0 aromatic carbocycles. The highest BCUT2D eigenvalue weighted by molar-refractivity contribution is 7.92. The molecule has 8 nitrogen and oxygen atoms in total. The number of hydrogen-bond acceptors (Lipinski definition) is 8. The number of carbonyl (C=O) groups is 2. The van der Waals surface area contributed by atoms with Gasteiger partial charge in [0.15, 0.2) is 19.7 Å². The summed E-state index contributed by atoms with van der Waals surface area (Å²) in [5.74, 6) is -1.60. The van der Waals surface area contributed by atoms with Crippen LogP contribution in [0.5, 0.6) is 0 Å². The fraction of sp³-hybridized carbons (Fsp3) is 0.667. The standard InChI is InChI=1S/C18H25NO7S3/c1-2-26-18(21)16-13-7-9-28(22,23)11-14(13)27-17(16)19-15(20)8-10-29(24,25)12-5-3-4-6-12/h12H,2-11H2,1H3,(H,19,20). The zero-order chi connectivity index (χ0) is 21.2. The first-order valence-corrected chi connectivity index (χ1v) is 14.0. The fourth-order valence-electron chi connectivity index (χ4n) is 3.77. The lowest BCUT2D eigenvalue weighted by Gasteiger charge is -2.13. The van der Waals surface area contributed by atoms with Crippen molar-refractivity contribution in [1.82, 2.24) is 0 Å². The van der Waals surface area contributed by atoms with Gasteiger partial charge in [0, 0.05) is 11.3 Å². The Hall–Kier alpha value is -1.46. The molecule has 1 fully saturated rings. The van der Waals surface area contributed by atoms with E-state index in [4.69, 9.17) is 4.74 Å². The van der Waals surface area contributed by atoms with E-state index >= 15 is 0 Å². The molecule has 11 heteroatoms. The number of amides is 1.